The van der Waals surface area contributed by atoms with Gasteiger partial charge < -0.3 is 15.6 Å². The molecule has 1 saturated carbocycles. The minimum absolute atomic E-state index is 0.370. The third kappa shape index (κ3) is 2.55. The molecule has 108 valence electrons. The summed E-state index contributed by atoms with van der Waals surface area (Å²) >= 11 is 0. The van der Waals surface area contributed by atoms with Gasteiger partial charge in [-0.3, -0.25) is 0 Å². The van der Waals surface area contributed by atoms with Crippen LogP contribution in [-0.2, 0) is 0 Å². The predicted octanol–water partition coefficient (Wildman–Crippen LogP) is 2.78. The van der Waals surface area contributed by atoms with E-state index in [4.69, 9.17) is 0 Å². The molecule has 0 bridgehead atoms. The third-order valence-corrected chi connectivity index (χ3v) is 4.25. The van der Waals surface area contributed by atoms with Gasteiger partial charge in [0, 0.05) is 13.6 Å². The summed E-state index contributed by atoms with van der Waals surface area (Å²) in [6.07, 6.45) is 8.28. The van der Waals surface area contributed by atoms with Crippen LogP contribution >= 0.6 is 0 Å². The van der Waals surface area contributed by atoms with E-state index >= 15 is 0 Å². The summed E-state index contributed by atoms with van der Waals surface area (Å²) in [5, 5.41) is 6.48. The van der Waals surface area contributed by atoms with Gasteiger partial charge in [-0.05, 0) is 18.3 Å². The molecule has 0 spiro atoms. The van der Waals surface area contributed by atoms with Crippen LogP contribution in [0.15, 0.2) is 6.33 Å². The lowest BCUT2D eigenvalue weighted by Gasteiger charge is -2.33. The summed E-state index contributed by atoms with van der Waals surface area (Å²) in [4.78, 5) is 16.2. The standard InChI is InChI=1S/C14H22N6/c1-14(6-4-3-5-7-14)8-16-11-10-12(18-9-17-10)20-13(15-2)19-11/h9H,3-8H2,1-2H3,(H3,15,16,17,18,19,20). The number of hydrogen-bond acceptors (Lipinski definition) is 5. The van der Waals surface area contributed by atoms with E-state index in [-0.39, 0.29) is 0 Å². The molecule has 2 aromatic rings. The monoisotopic (exact) mass is 274 g/mol. The van der Waals surface area contributed by atoms with Crippen LogP contribution in [0.4, 0.5) is 11.8 Å². The van der Waals surface area contributed by atoms with Gasteiger partial charge in [-0.1, -0.05) is 26.2 Å². The first-order valence-electron chi connectivity index (χ1n) is 7.33. The van der Waals surface area contributed by atoms with Gasteiger partial charge >= 0.3 is 0 Å². The summed E-state index contributed by atoms with van der Waals surface area (Å²) < 4.78 is 0. The van der Waals surface area contributed by atoms with E-state index in [2.05, 4.69) is 37.5 Å². The van der Waals surface area contributed by atoms with Gasteiger partial charge in [0.25, 0.3) is 0 Å². The third-order valence-electron chi connectivity index (χ3n) is 4.25. The smallest absolute Gasteiger partial charge is 0.226 e. The lowest BCUT2D eigenvalue weighted by atomic mass is 9.76. The average Bonchev–Trinajstić information content (AvgIpc) is 2.93. The van der Waals surface area contributed by atoms with Crippen molar-refractivity contribution < 1.29 is 0 Å². The fourth-order valence-corrected chi connectivity index (χ4v) is 2.95. The highest BCUT2D eigenvalue weighted by Gasteiger charge is 2.27. The van der Waals surface area contributed by atoms with Crippen molar-refractivity contribution in [1.82, 2.24) is 19.9 Å². The Bertz CT molecular complexity index is 584. The van der Waals surface area contributed by atoms with Crippen molar-refractivity contribution in [1.29, 1.82) is 0 Å². The van der Waals surface area contributed by atoms with Crippen molar-refractivity contribution in [2.24, 2.45) is 5.41 Å². The van der Waals surface area contributed by atoms with Crippen molar-refractivity contribution >= 4 is 22.9 Å². The molecule has 0 unspecified atom stereocenters. The van der Waals surface area contributed by atoms with Crippen LogP contribution in [0.25, 0.3) is 11.2 Å². The Morgan fingerprint density at radius 1 is 1.25 bits per heavy atom. The summed E-state index contributed by atoms with van der Waals surface area (Å²) in [6.45, 7) is 3.31. The zero-order chi connectivity index (χ0) is 14.0. The minimum atomic E-state index is 0.370. The molecule has 0 atom stereocenters. The maximum absolute atomic E-state index is 4.50. The van der Waals surface area contributed by atoms with Gasteiger partial charge in [-0.2, -0.15) is 9.97 Å². The SMILES string of the molecule is CNc1nc(NCC2(C)CCCCC2)c2[nH]cnc2n1. The van der Waals surface area contributed by atoms with E-state index in [1.807, 2.05) is 7.05 Å². The first-order valence-corrected chi connectivity index (χ1v) is 7.33. The molecule has 3 rings (SSSR count). The Kier molecular flexibility index (Phi) is 3.46. The zero-order valence-electron chi connectivity index (χ0n) is 12.2. The number of imidazole rings is 1. The first kappa shape index (κ1) is 13.1. The van der Waals surface area contributed by atoms with Crippen molar-refractivity contribution in [2.45, 2.75) is 39.0 Å². The number of fused-ring (bicyclic) bond motifs is 1. The predicted molar refractivity (Wildman–Crippen MR) is 80.9 cm³/mol. The molecule has 6 heteroatoms. The van der Waals surface area contributed by atoms with E-state index < -0.39 is 0 Å². The largest absolute Gasteiger partial charge is 0.368 e. The van der Waals surface area contributed by atoms with E-state index in [0.29, 0.717) is 17.0 Å². The Morgan fingerprint density at radius 3 is 2.80 bits per heavy atom. The summed E-state index contributed by atoms with van der Waals surface area (Å²) in [5.41, 5.74) is 1.94. The first-order chi connectivity index (χ1) is 9.70. The fraction of sp³-hybridized carbons (Fsp3) is 0.643. The van der Waals surface area contributed by atoms with Crippen LogP contribution in [0.3, 0.4) is 0 Å². The second kappa shape index (κ2) is 5.26. The number of aromatic nitrogens is 4. The number of nitrogens with one attached hydrogen (secondary N) is 3. The quantitative estimate of drug-likeness (QED) is 0.799. The number of anilines is 2. The van der Waals surface area contributed by atoms with E-state index in [9.17, 15) is 0 Å². The fourth-order valence-electron chi connectivity index (χ4n) is 2.95. The zero-order valence-corrected chi connectivity index (χ0v) is 12.2. The molecule has 0 aliphatic heterocycles. The van der Waals surface area contributed by atoms with Gasteiger partial charge in [0.2, 0.25) is 5.95 Å². The Labute approximate surface area is 118 Å². The molecule has 1 aliphatic rings. The maximum Gasteiger partial charge on any atom is 0.226 e. The molecule has 2 heterocycles. The van der Waals surface area contributed by atoms with Crippen molar-refractivity contribution in [3.8, 4) is 0 Å². The summed E-state index contributed by atoms with van der Waals surface area (Å²) in [5.74, 6) is 1.43. The van der Waals surface area contributed by atoms with Crippen LogP contribution in [0.5, 0.6) is 0 Å². The van der Waals surface area contributed by atoms with E-state index in [1.54, 1.807) is 6.33 Å². The van der Waals surface area contributed by atoms with Gasteiger partial charge in [0.05, 0.1) is 6.33 Å². The van der Waals surface area contributed by atoms with Crippen LogP contribution < -0.4 is 10.6 Å². The van der Waals surface area contributed by atoms with Gasteiger partial charge in [-0.15, -0.1) is 0 Å². The van der Waals surface area contributed by atoms with Crippen molar-refractivity contribution in [2.75, 3.05) is 24.2 Å². The summed E-state index contributed by atoms with van der Waals surface area (Å²) in [6, 6.07) is 0. The van der Waals surface area contributed by atoms with Crippen molar-refractivity contribution in [3.63, 3.8) is 0 Å². The lowest BCUT2D eigenvalue weighted by Crippen LogP contribution is -2.29. The lowest BCUT2D eigenvalue weighted by molar-refractivity contribution is 0.233. The number of aromatic amines is 1. The topological polar surface area (TPSA) is 78.5 Å². The van der Waals surface area contributed by atoms with Gasteiger partial charge in [0.15, 0.2) is 11.5 Å². The van der Waals surface area contributed by atoms with Gasteiger partial charge in [0.1, 0.15) is 5.52 Å². The van der Waals surface area contributed by atoms with Crippen LogP contribution in [-0.4, -0.2) is 33.5 Å². The Hall–Kier alpha value is -1.85. The Morgan fingerprint density at radius 2 is 2.05 bits per heavy atom. The van der Waals surface area contributed by atoms with Crippen LogP contribution in [0.1, 0.15) is 39.0 Å². The number of H-pyrrole nitrogens is 1. The van der Waals surface area contributed by atoms with Crippen LogP contribution in [0, 0.1) is 5.41 Å². The van der Waals surface area contributed by atoms with E-state index in [1.165, 1.54) is 32.1 Å². The molecule has 0 radical (unpaired) electrons. The minimum Gasteiger partial charge on any atom is -0.368 e. The van der Waals surface area contributed by atoms with Crippen molar-refractivity contribution in [3.05, 3.63) is 6.33 Å². The maximum atomic E-state index is 4.50. The second-order valence-corrected chi connectivity index (χ2v) is 5.97. The average molecular weight is 274 g/mol. The van der Waals surface area contributed by atoms with E-state index in [0.717, 1.165) is 17.9 Å². The summed E-state index contributed by atoms with van der Waals surface area (Å²) in [7, 11) is 1.82. The van der Waals surface area contributed by atoms with Gasteiger partial charge in [-0.25, -0.2) is 4.98 Å². The molecular weight excluding hydrogens is 252 g/mol. The molecule has 0 amide bonds. The number of rotatable bonds is 4. The molecular formula is C14H22N6. The molecule has 3 N–H and O–H groups in total. The molecule has 0 aromatic carbocycles. The molecule has 0 saturated heterocycles. The highest BCUT2D eigenvalue weighted by atomic mass is 15.2. The highest BCUT2D eigenvalue weighted by molar-refractivity contribution is 5.83. The molecule has 1 fully saturated rings. The second-order valence-electron chi connectivity index (χ2n) is 5.97. The Balaban J connectivity index is 1.81. The normalized spacial score (nSPS) is 18.1. The molecule has 6 nitrogen and oxygen atoms in total. The number of hydrogen-bond donors (Lipinski definition) is 3. The molecule has 1 aliphatic carbocycles. The number of nitrogens with zero attached hydrogens (tertiary/aromatic N) is 3. The highest BCUT2D eigenvalue weighted by Crippen LogP contribution is 2.36. The molecule has 2 aromatic heterocycles. The van der Waals surface area contributed by atoms with Crippen LogP contribution in [0.2, 0.25) is 0 Å². The molecule has 20 heavy (non-hydrogen) atoms.